The molecule has 0 saturated heterocycles. The second kappa shape index (κ2) is 5.78. The lowest BCUT2D eigenvalue weighted by atomic mass is 9.95. The Balaban J connectivity index is 2.57. The van der Waals surface area contributed by atoms with Gasteiger partial charge in [0.1, 0.15) is 0 Å². The van der Waals surface area contributed by atoms with Crippen molar-refractivity contribution in [1.82, 2.24) is 0 Å². The third-order valence-electron chi connectivity index (χ3n) is 3.50. The molecule has 0 bridgehead atoms. The molecule has 0 aliphatic rings. The molecular weight excluding hydrogens is 252 g/mol. The average Bonchev–Trinajstić information content (AvgIpc) is 2.48. The number of hydrogen-bond donors (Lipinski definition) is 0. The van der Waals surface area contributed by atoms with E-state index >= 15 is 0 Å². The average molecular weight is 270 g/mol. The maximum absolute atomic E-state index is 12.7. The zero-order valence-electron chi connectivity index (χ0n) is 12.2. The molecule has 0 radical (unpaired) electrons. The van der Waals surface area contributed by atoms with Crippen LogP contribution >= 0.6 is 0 Å². The van der Waals surface area contributed by atoms with E-state index in [4.69, 9.17) is 9.47 Å². The van der Waals surface area contributed by atoms with Crippen LogP contribution in [0.15, 0.2) is 36.4 Å². The molecule has 0 fully saturated rings. The first kappa shape index (κ1) is 14.1. The lowest BCUT2D eigenvalue weighted by Gasteiger charge is -2.13. The molecule has 20 heavy (non-hydrogen) atoms. The van der Waals surface area contributed by atoms with Crippen molar-refractivity contribution in [1.29, 1.82) is 0 Å². The summed E-state index contributed by atoms with van der Waals surface area (Å²) in [6.07, 6.45) is 0. The molecule has 0 saturated carbocycles. The number of carbonyl (C=O) groups is 1. The highest BCUT2D eigenvalue weighted by Crippen LogP contribution is 2.32. The Labute approximate surface area is 119 Å². The first-order valence-electron chi connectivity index (χ1n) is 6.42. The number of hydrogen-bond acceptors (Lipinski definition) is 3. The van der Waals surface area contributed by atoms with Gasteiger partial charge in [0.2, 0.25) is 0 Å². The molecule has 3 heteroatoms. The van der Waals surface area contributed by atoms with Crippen molar-refractivity contribution in [2.75, 3.05) is 14.2 Å². The molecule has 0 atom stereocenters. The molecule has 2 aromatic carbocycles. The Kier molecular flexibility index (Phi) is 4.08. The van der Waals surface area contributed by atoms with E-state index in [1.54, 1.807) is 25.3 Å². The van der Waals surface area contributed by atoms with Crippen molar-refractivity contribution in [3.63, 3.8) is 0 Å². The quantitative estimate of drug-likeness (QED) is 0.797. The number of carbonyl (C=O) groups excluding carboxylic acids is 1. The van der Waals surface area contributed by atoms with Gasteiger partial charge in [0.25, 0.3) is 0 Å². The van der Waals surface area contributed by atoms with Crippen molar-refractivity contribution in [3.05, 3.63) is 58.7 Å². The SMILES string of the molecule is COc1cccc(C(=O)c2cccc(C)c2C)c1OC. The topological polar surface area (TPSA) is 35.5 Å². The molecule has 0 aliphatic heterocycles. The molecule has 0 heterocycles. The van der Waals surface area contributed by atoms with Crippen LogP contribution in [0.2, 0.25) is 0 Å². The summed E-state index contributed by atoms with van der Waals surface area (Å²) in [6.45, 7) is 3.95. The normalized spacial score (nSPS) is 10.2. The van der Waals surface area contributed by atoms with Gasteiger partial charge in [-0.05, 0) is 37.1 Å². The molecule has 3 nitrogen and oxygen atoms in total. The van der Waals surface area contributed by atoms with Crippen LogP contribution in [-0.4, -0.2) is 20.0 Å². The van der Waals surface area contributed by atoms with E-state index in [9.17, 15) is 4.79 Å². The summed E-state index contributed by atoms with van der Waals surface area (Å²) in [5, 5.41) is 0. The minimum atomic E-state index is -0.0537. The van der Waals surface area contributed by atoms with E-state index in [2.05, 4.69) is 0 Å². The third kappa shape index (κ3) is 2.39. The van der Waals surface area contributed by atoms with Gasteiger partial charge in [0, 0.05) is 5.56 Å². The number of ketones is 1. The van der Waals surface area contributed by atoms with Crippen LogP contribution in [0, 0.1) is 13.8 Å². The lowest BCUT2D eigenvalue weighted by Crippen LogP contribution is -2.07. The minimum Gasteiger partial charge on any atom is -0.493 e. The standard InChI is InChI=1S/C17H18O3/c1-11-7-5-8-13(12(11)2)16(18)14-9-6-10-15(19-3)17(14)20-4/h5-10H,1-4H3. The van der Waals surface area contributed by atoms with E-state index in [0.29, 0.717) is 22.6 Å². The van der Waals surface area contributed by atoms with Gasteiger partial charge >= 0.3 is 0 Å². The van der Waals surface area contributed by atoms with Gasteiger partial charge in [-0.25, -0.2) is 0 Å². The fourth-order valence-electron chi connectivity index (χ4n) is 2.21. The van der Waals surface area contributed by atoms with Gasteiger partial charge in [-0.3, -0.25) is 4.79 Å². The minimum absolute atomic E-state index is 0.0537. The summed E-state index contributed by atoms with van der Waals surface area (Å²) in [5.74, 6) is 0.978. The Bertz CT molecular complexity index is 645. The highest BCUT2D eigenvalue weighted by Gasteiger charge is 2.19. The summed E-state index contributed by atoms with van der Waals surface area (Å²) >= 11 is 0. The molecular formula is C17H18O3. The second-order valence-corrected chi connectivity index (χ2v) is 4.62. The van der Waals surface area contributed by atoms with Crippen LogP contribution in [0.3, 0.4) is 0 Å². The fourth-order valence-corrected chi connectivity index (χ4v) is 2.21. The highest BCUT2D eigenvalue weighted by molar-refractivity contribution is 6.12. The summed E-state index contributed by atoms with van der Waals surface area (Å²) in [7, 11) is 3.10. The van der Waals surface area contributed by atoms with Crippen molar-refractivity contribution < 1.29 is 14.3 Å². The number of ether oxygens (including phenoxy) is 2. The summed E-state index contributed by atoms with van der Waals surface area (Å²) in [6, 6.07) is 11.0. The van der Waals surface area contributed by atoms with E-state index in [1.807, 2.05) is 32.0 Å². The van der Waals surface area contributed by atoms with Crippen LogP contribution in [0.5, 0.6) is 11.5 Å². The first-order valence-corrected chi connectivity index (χ1v) is 6.42. The van der Waals surface area contributed by atoms with Gasteiger partial charge in [-0.15, -0.1) is 0 Å². The van der Waals surface area contributed by atoms with E-state index in [1.165, 1.54) is 7.11 Å². The molecule has 0 spiro atoms. The van der Waals surface area contributed by atoms with Gasteiger partial charge in [-0.2, -0.15) is 0 Å². The zero-order chi connectivity index (χ0) is 14.7. The Morgan fingerprint density at radius 1 is 0.900 bits per heavy atom. The van der Waals surface area contributed by atoms with E-state index in [0.717, 1.165) is 11.1 Å². The van der Waals surface area contributed by atoms with Crippen LogP contribution in [0.4, 0.5) is 0 Å². The molecule has 0 aliphatic carbocycles. The van der Waals surface area contributed by atoms with Crippen LogP contribution in [0.1, 0.15) is 27.0 Å². The number of para-hydroxylation sites is 1. The number of methoxy groups -OCH3 is 2. The maximum atomic E-state index is 12.7. The lowest BCUT2D eigenvalue weighted by molar-refractivity contribution is 0.103. The van der Waals surface area contributed by atoms with Crippen molar-refractivity contribution >= 4 is 5.78 Å². The molecule has 0 amide bonds. The van der Waals surface area contributed by atoms with Gasteiger partial charge in [-0.1, -0.05) is 24.3 Å². The van der Waals surface area contributed by atoms with Crippen LogP contribution < -0.4 is 9.47 Å². The van der Waals surface area contributed by atoms with Gasteiger partial charge < -0.3 is 9.47 Å². The van der Waals surface area contributed by atoms with Gasteiger partial charge in [0.15, 0.2) is 17.3 Å². The number of aryl methyl sites for hydroxylation is 1. The highest BCUT2D eigenvalue weighted by atomic mass is 16.5. The fraction of sp³-hybridized carbons (Fsp3) is 0.235. The third-order valence-corrected chi connectivity index (χ3v) is 3.50. The molecule has 0 N–H and O–H groups in total. The zero-order valence-corrected chi connectivity index (χ0v) is 12.2. The summed E-state index contributed by atoms with van der Waals surface area (Å²) < 4.78 is 10.6. The van der Waals surface area contributed by atoms with E-state index in [-0.39, 0.29) is 5.78 Å². The van der Waals surface area contributed by atoms with Crippen LogP contribution in [-0.2, 0) is 0 Å². The smallest absolute Gasteiger partial charge is 0.197 e. The van der Waals surface area contributed by atoms with Crippen molar-refractivity contribution in [3.8, 4) is 11.5 Å². The molecule has 0 unspecified atom stereocenters. The molecule has 2 rings (SSSR count). The molecule has 0 aromatic heterocycles. The van der Waals surface area contributed by atoms with Crippen molar-refractivity contribution in [2.45, 2.75) is 13.8 Å². The Hall–Kier alpha value is -2.29. The van der Waals surface area contributed by atoms with E-state index < -0.39 is 0 Å². The largest absolute Gasteiger partial charge is 0.493 e. The number of benzene rings is 2. The first-order chi connectivity index (χ1) is 9.60. The molecule has 104 valence electrons. The predicted molar refractivity (Wildman–Crippen MR) is 78.9 cm³/mol. The Morgan fingerprint density at radius 2 is 1.55 bits per heavy atom. The Morgan fingerprint density at radius 3 is 2.20 bits per heavy atom. The summed E-state index contributed by atoms with van der Waals surface area (Å²) in [5.41, 5.74) is 3.29. The van der Waals surface area contributed by atoms with Crippen molar-refractivity contribution in [2.24, 2.45) is 0 Å². The monoisotopic (exact) mass is 270 g/mol. The predicted octanol–water partition coefficient (Wildman–Crippen LogP) is 3.55. The number of rotatable bonds is 4. The van der Waals surface area contributed by atoms with Crippen LogP contribution in [0.25, 0.3) is 0 Å². The second-order valence-electron chi connectivity index (χ2n) is 4.62. The van der Waals surface area contributed by atoms with Gasteiger partial charge in [0.05, 0.1) is 19.8 Å². The molecule has 2 aromatic rings. The maximum Gasteiger partial charge on any atom is 0.197 e. The summed E-state index contributed by atoms with van der Waals surface area (Å²) in [4.78, 5) is 12.7.